The first kappa shape index (κ1) is 18.4. The number of hydrogen-bond acceptors (Lipinski definition) is 0. The van der Waals surface area contributed by atoms with Crippen LogP contribution in [0.4, 0.5) is 0 Å². The lowest BCUT2D eigenvalue weighted by Gasteiger charge is -2.12. The van der Waals surface area contributed by atoms with Crippen LogP contribution < -0.4 is 0 Å². The molecule has 0 aromatic heterocycles. The predicted octanol–water partition coefficient (Wildman–Crippen LogP) is 6.59. The zero-order valence-electron chi connectivity index (χ0n) is 12.9. The van der Waals surface area contributed by atoms with Crippen molar-refractivity contribution < 1.29 is 0 Å². The molecule has 0 heteroatoms. The van der Waals surface area contributed by atoms with Crippen LogP contribution in [0, 0.1) is 5.41 Å². The van der Waals surface area contributed by atoms with Gasteiger partial charge in [-0.1, -0.05) is 99.3 Å². The van der Waals surface area contributed by atoms with Gasteiger partial charge in [0, 0.05) is 0 Å². The molecule has 0 aliphatic carbocycles. The van der Waals surface area contributed by atoms with Crippen molar-refractivity contribution in [1.29, 1.82) is 0 Å². The summed E-state index contributed by atoms with van der Waals surface area (Å²) in [4.78, 5) is 0. The molecule has 0 saturated heterocycles. The third-order valence-corrected chi connectivity index (χ3v) is 3.02. The van der Waals surface area contributed by atoms with Crippen molar-refractivity contribution in [2.75, 3.05) is 0 Å². The highest BCUT2D eigenvalue weighted by atomic mass is 14.1. The Bertz CT molecular complexity index is 99.7. The molecule has 0 aliphatic heterocycles. The summed E-state index contributed by atoms with van der Waals surface area (Å²) in [5.41, 5.74) is 0.542. The molecule has 0 saturated carbocycles. The summed E-state index contributed by atoms with van der Waals surface area (Å²) >= 11 is 0. The average Bonchev–Trinajstić information content (AvgIpc) is 2.23. The average molecular weight is 228 g/mol. The van der Waals surface area contributed by atoms with E-state index >= 15 is 0 Å². The van der Waals surface area contributed by atoms with E-state index in [9.17, 15) is 0 Å². The second kappa shape index (κ2) is 13.1. The quantitative estimate of drug-likeness (QED) is 0.431. The summed E-state index contributed by atoms with van der Waals surface area (Å²) in [5, 5.41) is 0. The molecule has 0 fully saturated rings. The zero-order chi connectivity index (χ0) is 12.9. The van der Waals surface area contributed by atoms with Crippen molar-refractivity contribution in [1.82, 2.24) is 0 Å². The van der Waals surface area contributed by atoms with Gasteiger partial charge in [0.2, 0.25) is 0 Å². The van der Waals surface area contributed by atoms with E-state index < -0.39 is 0 Å². The maximum absolute atomic E-state index is 2.27. The van der Waals surface area contributed by atoms with Crippen LogP contribution in [0.2, 0.25) is 0 Å². The summed E-state index contributed by atoms with van der Waals surface area (Å²) < 4.78 is 0. The van der Waals surface area contributed by atoms with E-state index in [-0.39, 0.29) is 0 Å². The lowest BCUT2D eigenvalue weighted by Crippen LogP contribution is -2.00. The van der Waals surface area contributed by atoms with Gasteiger partial charge in [0.05, 0.1) is 0 Å². The van der Waals surface area contributed by atoms with E-state index in [1.807, 2.05) is 0 Å². The van der Waals surface area contributed by atoms with Crippen LogP contribution in [0.15, 0.2) is 0 Å². The molecule has 0 nitrogen and oxygen atoms in total. The van der Waals surface area contributed by atoms with Gasteiger partial charge in [0.1, 0.15) is 0 Å². The van der Waals surface area contributed by atoms with Crippen LogP contribution in [0.25, 0.3) is 0 Å². The van der Waals surface area contributed by atoms with Crippen LogP contribution in [0.5, 0.6) is 0 Å². The van der Waals surface area contributed by atoms with Gasteiger partial charge in [-0.3, -0.25) is 0 Å². The standard InChI is InChI=1S/C10H22.C6H14/c1-3-5-7-9-10-8-6-4-2;1-5-6(2,3)4/h3-10H2,1-2H3;5H2,1-4H3. The largest absolute Gasteiger partial charge is 0.0654 e. The fourth-order valence-corrected chi connectivity index (χ4v) is 1.21. The highest BCUT2D eigenvalue weighted by Crippen LogP contribution is 2.16. The van der Waals surface area contributed by atoms with Gasteiger partial charge in [-0.25, -0.2) is 0 Å². The van der Waals surface area contributed by atoms with Crippen molar-refractivity contribution in [3.05, 3.63) is 0 Å². The molecule has 0 aliphatic rings. The minimum Gasteiger partial charge on any atom is -0.0654 e. The molecule has 0 amide bonds. The zero-order valence-corrected chi connectivity index (χ0v) is 12.9. The maximum Gasteiger partial charge on any atom is -0.0385 e. The third kappa shape index (κ3) is 23.7. The van der Waals surface area contributed by atoms with Gasteiger partial charge >= 0.3 is 0 Å². The van der Waals surface area contributed by atoms with Crippen molar-refractivity contribution in [3.63, 3.8) is 0 Å². The molecule has 0 radical (unpaired) electrons. The molecule has 0 rings (SSSR count). The third-order valence-electron chi connectivity index (χ3n) is 3.02. The van der Waals surface area contributed by atoms with Crippen molar-refractivity contribution in [2.24, 2.45) is 5.41 Å². The second-order valence-corrected chi connectivity index (χ2v) is 6.04. The Labute approximate surface area is 105 Å². The molecule has 0 unspecified atom stereocenters. The van der Waals surface area contributed by atoms with Crippen molar-refractivity contribution >= 4 is 0 Å². The molecular formula is C16H36. The number of hydrogen-bond donors (Lipinski definition) is 0. The molecule has 0 aromatic rings. The SMILES string of the molecule is CCC(C)(C)C.CCCCCCCCCC. The lowest BCUT2D eigenvalue weighted by molar-refractivity contribution is 0.398. The van der Waals surface area contributed by atoms with Crippen LogP contribution in [-0.2, 0) is 0 Å². The number of unbranched alkanes of at least 4 members (excludes halogenated alkanes) is 7. The van der Waals surface area contributed by atoms with E-state index in [4.69, 9.17) is 0 Å². The Morgan fingerprint density at radius 3 is 1.00 bits per heavy atom. The summed E-state index contributed by atoms with van der Waals surface area (Å²) in [6, 6.07) is 0. The predicted molar refractivity (Wildman–Crippen MR) is 78.0 cm³/mol. The summed E-state index contributed by atoms with van der Waals surface area (Å²) in [7, 11) is 0. The van der Waals surface area contributed by atoms with Gasteiger partial charge in [0.25, 0.3) is 0 Å². The fourth-order valence-electron chi connectivity index (χ4n) is 1.21. The van der Waals surface area contributed by atoms with E-state index in [2.05, 4.69) is 41.5 Å². The minimum atomic E-state index is 0.542. The Morgan fingerprint density at radius 1 is 0.562 bits per heavy atom. The first-order chi connectivity index (χ1) is 7.47. The molecule has 0 bridgehead atoms. The summed E-state index contributed by atoms with van der Waals surface area (Å²) in [6.07, 6.45) is 12.7. The molecular weight excluding hydrogens is 192 g/mol. The number of rotatable bonds is 7. The van der Waals surface area contributed by atoms with Crippen LogP contribution in [0.3, 0.4) is 0 Å². The molecule has 0 heterocycles. The highest BCUT2D eigenvalue weighted by Gasteiger charge is 2.03. The summed E-state index contributed by atoms with van der Waals surface area (Å²) in [5.74, 6) is 0. The Balaban J connectivity index is 0. The van der Waals surface area contributed by atoms with Crippen LogP contribution >= 0.6 is 0 Å². The van der Waals surface area contributed by atoms with E-state index in [1.54, 1.807) is 0 Å². The van der Waals surface area contributed by atoms with Crippen molar-refractivity contribution in [3.8, 4) is 0 Å². The second-order valence-electron chi connectivity index (χ2n) is 6.04. The van der Waals surface area contributed by atoms with E-state index in [1.165, 1.54) is 57.8 Å². The Hall–Kier alpha value is 0. The van der Waals surface area contributed by atoms with Gasteiger partial charge in [0.15, 0.2) is 0 Å². The first-order valence-corrected chi connectivity index (χ1v) is 7.47. The van der Waals surface area contributed by atoms with Gasteiger partial charge in [-0.05, 0) is 5.41 Å². The van der Waals surface area contributed by atoms with Gasteiger partial charge in [-0.15, -0.1) is 0 Å². The Kier molecular flexibility index (Phi) is 15.0. The van der Waals surface area contributed by atoms with Gasteiger partial charge < -0.3 is 0 Å². The summed E-state index contributed by atoms with van der Waals surface area (Å²) in [6.45, 7) is 13.5. The monoisotopic (exact) mass is 228 g/mol. The molecule has 100 valence electrons. The Morgan fingerprint density at radius 2 is 0.812 bits per heavy atom. The van der Waals surface area contributed by atoms with E-state index in [0.717, 1.165) is 0 Å². The topological polar surface area (TPSA) is 0 Å². The normalized spacial score (nSPS) is 10.9. The maximum atomic E-state index is 2.27. The smallest absolute Gasteiger partial charge is 0.0385 e. The molecule has 0 atom stereocenters. The van der Waals surface area contributed by atoms with Crippen LogP contribution in [0.1, 0.15) is 99.3 Å². The fraction of sp³-hybridized carbons (Fsp3) is 1.00. The lowest BCUT2D eigenvalue weighted by atomic mass is 9.94. The van der Waals surface area contributed by atoms with Crippen LogP contribution in [-0.4, -0.2) is 0 Å². The molecule has 0 spiro atoms. The van der Waals surface area contributed by atoms with E-state index in [0.29, 0.717) is 5.41 Å². The minimum absolute atomic E-state index is 0.542. The highest BCUT2D eigenvalue weighted by molar-refractivity contribution is 4.55. The molecule has 16 heavy (non-hydrogen) atoms. The first-order valence-electron chi connectivity index (χ1n) is 7.47. The van der Waals surface area contributed by atoms with Crippen molar-refractivity contribution in [2.45, 2.75) is 99.3 Å². The molecule has 0 N–H and O–H groups in total. The molecule has 0 aromatic carbocycles. The van der Waals surface area contributed by atoms with Gasteiger partial charge in [-0.2, -0.15) is 0 Å².